The van der Waals surface area contributed by atoms with Crippen LogP contribution >= 0.6 is 11.8 Å². The summed E-state index contributed by atoms with van der Waals surface area (Å²) in [4.78, 5) is 4.95. The average molecular weight is 432 g/mol. The second-order valence-corrected chi connectivity index (χ2v) is 9.54. The van der Waals surface area contributed by atoms with Crippen LogP contribution in [-0.2, 0) is 0 Å². The van der Waals surface area contributed by atoms with E-state index < -0.39 is 0 Å². The van der Waals surface area contributed by atoms with Crippen LogP contribution in [0.15, 0.2) is 82.6 Å². The summed E-state index contributed by atoms with van der Waals surface area (Å²) in [6, 6.07) is 26.2. The number of anilines is 3. The molecule has 0 spiro atoms. The predicted molar refractivity (Wildman–Crippen MR) is 138 cm³/mol. The third-order valence-corrected chi connectivity index (χ3v) is 7.29. The molecule has 0 aliphatic carbocycles. The van der Waals surface area contributed by atoms with Crippen LogP contribution in [0.4, 0.5) is 17.1 Å². The highest BCUT2D eigenvalue weighted by Gasteiger charge is 2.25. The van der Waals surface area contributed by atoms with E-state index >= 15 is 0 Å². The summed E-state index contributed by atoms with van der Waals surface area (Å²) in [5, 5.41) is 0. The lowest BCUT2D eigenvalue weighted by molar-refractivity contribution is 1.16. The molecule has 0 saturated carbocycles. The summed E-state index contributed by atoms with van der Waals surface area (Å²) in [7, 11) is 0. The normalized spacial score (nSPS) is 12.2. The summed E-state index contributed by atoms with van der Waals surface area (Å²) >= 11 is 1.84. The number of rotatable bonds is 2. The van der Waals surface area contributed by atoms with Crippen LogP contribution in [0.1, 0.15) is 27.8 Å². The van der Waals surface area contributed by atoms with Gasteiger partial charge >= 0.3 is 0 Å². The number of hydrogen-bond donors (Lipinski definition) is 0. The number of nitrogens with zero attached hydrogens (tertiary/aromatic N) is 1. The molecule has 0 fully saturated rings. The van der Waals surface area contributed by atoms with Gasteiger partial charge in [-0.15, -0.1) is 6.42 Å². The third kappa shape index (κ3) is 3.30. The maximum atomic E-state index is 5.66. The van der Waals surface area contributed by atoms with Crippen molar-refractivity contribution in [3.63, 3.8) is 0 Å². The molecule has 0 amide bonds. The van der Waals surface area contributed by atoms with Gasteiger partial charge in [0, 0.05) is 21.0 Å². The van der Waals surface area contributed by atoms with E-state index in [1.807, 2.05) is 11.8 Å². The van der Waals surface area contributed by atoms with Crippen LogP contribution in [0.25, 0.3) is 11.1 Å². The van der Waals surface area contributed by atoms with Crippen molar-refractivity contribution in [2.24, 2.45) is 0 Å². The Bertz CT molecular complexity index is 1320. The Labute approximate surface area is 195 Å². The molecule has 0 aromatic heterocycles. The van der Waals surface area contributed by atoms with Crippen molar-refractivity contribution in [2.45, 2.75) is 37.5 Å². The summed E-state index contributed by atoms with van der Waals surface area (Å²) in [6.45, 7) is 8.75. The Hall–Kier alpha value is -3.41. The van der Waals surface area contributed by atoms with Crippen LogP contribution in [0.5, 0.6) is 0 Å². The van der Waals surface area contributed by atoms with E-state index in [-0.39, 0.29) is 0 Å². The molecule has 5 rings (SSSR count). The van der Waals surface area contributed by atoms with Crippen molar-refractivity contribution in [2.75, 3.05) is 4.90 Å². The van der Waals surface area contributed by atoms with Crippen molar-refractivity contribution >= 4 is 28.8 Å². The molecule has 0 atom stereocenters. The van der Waals surface area contributed by atoms with Crippen LogP contribution in [0, 0.1) is 40.0 Å². The first-order valence-electron chi connectivity index (χ1n) is 10.8. The SMILES string of the molecule is C#Cc1cc(C)c(-c2c(C)cc(N3c4ccccc4Sc4ccccc43)cc2C)c(C)c1. The highest BCUT2D eigenvalue weighted by molar-refractivity contribution is 7.99. The number of fused-ring (bicyclic) bond motifs is 2. The number of terminal acetylenes is 1. The first-order valence-corrected chi connectivity index (χ1v) is 11.6. The largest absolute Gasteiger partial charge is 0.308 e. The molecule has 0 N–H and O–H groups in total. The van der Waals surface area contributed by atoms with Crippen LogP contribution in [-0.4, -0.2) is 0 Å². The van der Waals surface area contributed by atoms with Gasteiger partial charge in [-0.3, -0.25) is 0 Å². The van der Waals surface area contributed by atoms with Gasteiger partial charge in [-0.2, -0.15) is 0 Å². The zero-order chi connectivity index (χ0) is 22.4. The third-order valence-electron chi connectivity index (χ3n) is 6.16. The van der Waals surface area contributed by atoms with Gasteiger partial charge in [0.25, 0.3) is 0 Å². The Balaban J connectivity index is 1.70. The molecule has 1 heterocycles. The molecule has 0 bridgehead atoms. The number of para-hydroxylation sites is 2. The van der Waals surface area contributed by atoms with Crippen LogP contribution < -0.4 is 4.90 Å². The van der Waals surface area contributed by atoms with Gasteiger partial charge in [0.1, 0.15) is 0 Å². The Morgan fingerprint density at radius 3 is 1.56 bits per heavy atom. The standard InChI is InChI=1S/C30H25NS/c1-6-23-15-19(2)29(20(3)16-23)30-21(4)17-24(18-22(30)5)31-25-11-7-9-13-27(25)32-28-14-10-8-12-26(28)31/h1,7-18H,2-5H3. The lowest BCUT2D eigenvalue weighted by Gasteiger charge is -2.33. The Kier molecular flexibility index (Phi) is 5.08. The van der Waals surface area contributed by atoms with Crippen molar-refractivity contribution in [1.29, 1.82) is 0 Å². The predicted octanol–water partition coefficient (Wildman–Crippen LogP) is 8.50. The Morgan fingerprint density at radius 2 is 1.09 bits per heavy atom. The van der Waals surface area contributed by atoms with Gasteiger partial charge in [0.2, 0.25) is 0 Å². The van der Waals surface area contributed by atoms with Gasteiger partial charge in [0.05, 0.1) is 11.4 Å². The minimum absolute atomic E-state index is 0.940. The van der Waals surface area contributed by atoms with Gasteiger partial charge < -0.3 is 4.90 Å². The lowest BCUT2D eigenvalue weighted by atomic mass is 9.88. The van der Waals surface area contributed by atoms with Gasteiger partial charge in [0.15, 0.2) is 0 Å². The summed E-state index contributed by atoms with van der Waals surface area (Å²) in [5.41, 5.74) is 12.2. The first-order chi connectivity index (χ1) is 15.5. The topological polar surface area (TPSA) is 3.24 Å². The van der Waals surface area contributed by atoms with E-state index in [9.17, 15) is 0 Å². The second-order valence-electron chi connectivity index (χ2n) is 8.46. The van der Waals surface area contributed by atoms with E-state index in [4.69, 9.17) is 6.42 Å². The van der Waals surface area contributed by atoms with Gasteiger partial charge in [-0.05, 0) is 110 Å². The summed E-state index contributed by atoms with van der Waals surface area (Å²) < 4.78 is 0. The van der Waals surface area contributed by atoms with Gasteiger partial charge in [-0.1, -0.05) is 41.9 Å². The maximum Gasteiger partial charge on any atom is 0.0601 e. The van der Waals surface area contributed by atoms with Gasteiger partial charge in [-0.25, -0.2) is 0 Å². The number of aryl methyl sites for hydroxylation is 4. The average Bonchev–Trinajstić information content (AvgIpc) is 2.78. The molecule has 0 saturated heterocycles. The van der Waals surface area contributed by atoms with Crippen molar-refractivity contribution in [3.8, 4) is 23.5 Å². The fourth-order valence-electron chi connectivity index (χ4n) is 4.89. The van der Waals surface area contributed by atoms with E-state index in [1.54, 1.807) is 0 Å². The molecule has 0 radical (unpaired) electrons. The molecule has 1 nitrogen and oxygen atoms in total. The monoisotopic (exact) mass is 431 g/mol. The molecule has 32 heavy (non-hydrogen) atoms. The molecular formula is C30H25NS. The lowest BCUT2D eigenvalue weighted by Crippen LogP contribution is -2.15. The molecular weight excluding hydrogens is 406 g/mol. The van der Waals surface area contributed by atoms with Crippen molar-refractivity contribution in [3.05, 3.63) is 101 Å². The highest BCUT2D eigenvalue weighted by atomic mass is 32.2. The summed E-state index contributed by atoms with van der Waals surface area (Å²) in [6.07, 6.45) is 5.66. The zero-order valence-corrected chi connectivity index (χ0v) is 19.7. The van der Waals surface area contributed by atoms with Crippen LogP contribution in [0.2, 0.25) is 0 Å². The first kappa shape index (κ1) is 20.5. The summed E-state index contributed by atoms with van der Waals surface area (Å²) in [5.74, 6) is 2.78. The number of benzene rings is 4. The zero-order valence-electron chi connectivity index (χ0n) is 18.9. The molecule has 2 heteroatoms. The van der Waals surface area contributed by atoms with Crippen molar-refractivity contribution in [1.82, 2.24) is 0 Å². The van der Waals surface area contributed by atoms with E-state index in [2.05, 4.69) is 111 Å². The maximum absolute atomic E-state index is 5.66. The highest BCUT2D eigenvalue weighted by Crippen LogP contribution is 2.51. The Morgan fingerprint density at radius 1 is 0.656 bits per heavy atom. The fourth-order valence-corrected chi connectivity index (χ4v) is 5.95. The van der Waals surface area contributed by atoms with E-state index in [0.29, 0.717) is 0 Å². The molecule has 1 aliphatic heterocycles. The van der Waals surface area contributed by atoms with E-state index in [0.717, 1.165) is 5.56 Å². The number of hydrogen-bond acceptors (Lipinski definition) is 2. The quantitative estimate of drug-likeness (QED) is 0.258. The minimum Gasteiger partial charge on any atom is -0.308 e. The van der Waals surface area contributed by atoms with Crippen molar-refractivity contribution < 1.29 is 0 Å². The minimum atomic E-state index is 0.940. The molecule has 4 aromatic carbocycles. The van der Waals surface area contributed by atoms with Crippen LogP contribution in [0.3, 0.4) is 0 Å². The molecule has 0 unspecified atom stereocenters. The fraction of sp³-hybridized carbons (Fsp3) is 0.133. The molecule has 156 valence electrons. The smallest absolute Gasteiger partial charge is 0.0601 e. The molecule has 1 aliphatic rings. The molecule has 4 aromatic rings. The van der Waals surface area contributed by atoms with E-state index in [1.165, 1.54) is 60.2 Å². The second kappa shape index (κ2) is 7.93.